The lowest BCUT2D eigenvalue weighted by molar-refractivity contribution is 0.411. The number of halogens is 1. The van der Waals surface area contributed by atoms with Crippen molar-refractivity contribution in [3.05, 3.63) is 58.9 Å². The molecule has 0 aliphatic carbocycles. The van der Waals surface area contributed by atoms with Crippen molar-refractivity contribution in [2.45, 2.75) is 20.4 Å². The molecule has 0 unspecified atom stereocenters. The maximum Gasteiger partial charge on any atom is 0.128 e. The van der Waals surface area contributed by atoms with Gasteiger partial charge in [0.1, 0.15) is 11.6 Å². The van der Waals surface area contributed by atoms with Crippen LogP contribution in [0.25, 0.3) is 0 Å². The molecular weight excluding hydrogens is 241 g/mol. The molecule has 2 nitrogen and oxygen atoms in total. The Kier molecular flexibility index (Phi) is 4.05. The van der Waals surface area contributed by atoms with Crippen LogP contribution in [0.1, 0.15) is 16.7 Å². The van der Waals surface area contributed by atoms with E-state index in [-0.39, 0.29) is 5.82 Å². The minimum atomic E-state index is -0.184. The summed E-state index contributed by atoms with van der Waals surface area (Å²) < 4.78 is 18.6. The van der Waals surface area contributed by atoms with Crippen LogP contribution < -0.4 is 10.1 Å². The molecule has 0 amide bonds. The monoisotopic (exact) mass is 259 g/mol. The van der Waals surface area contributed by atoms with E-state index in [0.717, 1.165) is 22.6 Å². The van der Waals surface area contributed by atoms with Crippen molar-refractivity contribution in [1.82, 2.24) is 0 Å². The van der Waals surface area contributed by atoms with Gasteiger partial charge in [0.25, 0.3) is 0 Å². The normalized spacial score (nSPS) is 10.3. The highest BCUT2D eigenvalue weighted by Crippen LogP contribution is 2.20. The summed E-state index contributed by atoms with van der Waals surface area (Å²) in [5, 5.41) is 3.21. The van der Waals surface area contributed by atoms with Crippen LogP contribution in [0.2, 0.25) is 0 Å². The highest BCUT2D eigenvalue weighted by atomic mass is 19.1. The largest absolute Gasteiger partial charge is 0.496 e. The van der Waals surface area contributed by atoms with E-state index in [4.69, 9.17) is 4.74 Å². The molecule has 0 aromatic heterocycles. The van der Waals surface area contributed by atoms with Crippen molar-refractivity contribution in [2.24, 2.45) is 0 Å². The number of nitrogens with one attached hydrogen (secondary N) is 1. The van der Waals surface area contributed by atoms with Gasteiger partial charge in [-0.25, -0.2) is 4.39 Å². The number of benzene rings is 2. The van der Waals surface area contributed by atoms with Gasteiger partial charge in [-0.1, -0.05) is 18.2 Å². The first-order valence-corrected chi connectivity index (χ1v) is 6.23. The number of aryl methyl sites for hydroxylation is 2. The van der Waals surface area contributed by atoms with Crippen LogP contribution >= 0.6 is 0 Å². The van der Waals surface area contributed by atoms with Crippen molar-refractivity contribution < 1.29 is 9.13 Å². The molecule has 1 N–H and O–H groups in total. The van der Waals surface area contributed by atoms with Crippen molar-refractivity contribution in [3.8, 4) is 5.75 Å². The molecule has 0 bridgehead atoms. The predicted molar refractivity (Wildman–Crippen MR) is 76.2 cm³/mol. The Labute approximate surface area is 113 Å². The minimum Gasteiger partial charge on any atom is -0.496 e. The van der Waals surface area contributed by atoms with Crippen LogP contribution in [0.15, 0.2) is 36.4 Å². The molecular formula is C16H18FNO. The van der Waals surface area contributed by atoms with Gasteiger partial charge in [0.2, 0.25) is 0 Å². The summed E-state index contributed by atoms with van der Waals surface area (Å²) >= 11 is 0. The zero-order chi connectivity index (χ0) is 13.8. The fourth-order valence-electron chi connectivity index (χ4n) is 1.96. The van der Waals surface area contributed by atoms with Crippen LogP contribution in [-0.4, -0.2) is 7.11 Å². The Morgan fingerprint density at radius 2 is 1.84 bits per heavy atom. The third-order valence-electron chi connectivity index (χ3n) is 3.13. The summed E-state index contributed by atoms with van der Waals surface area (Å²) in [6.07, 6.45) is 0. The average Bonchev–Trinajstić information content (AvgIpc) is 2.40. The number of ether oxygens (including phenoxy) is 1. The number of hydrogen-bond acceptors (Lipinski definition) is 2. The van der Waals surface area contributed by atoms with Gasteiger partial charge in [-0.05, 0) is 48.7 Å². The number of rotatable bonds is 4. The quantitative estimate of drug-likeness (QED) is 0.894. The number of methoxy groups -OCH3 is 1. The van der Waals surface area contributed by atoms with E-state index in [9.17, 15) is 4.39 Å². The van der Waals surface area contributed by atoms with Gasteiger partial charge in [0.05, 0.1) is 7.11 Å². The lowest BCUT2D eigenvalue weighted by atomic mass is 10.1. The van der Waals surface area contributed by atoms with E-state index in [2.05, 4.69) is 11.4 Å². The van der Waals surface area contributed by atoms with Crippen LogP contribution in [0.4, 0.5) is 10.1 Å². The maximum absolute atomic E-state index is 13.4. The first kappa shape index (κ1) is 13.4. The zero-order valence-corrected chi connectivity index (χ0v) is 11.5. The Morgan fingerprint density at radius 1 is 1.05 bits per heavy atom. The molecule has 2 aromatic rings. The topological polar surface area (TPSA) is 21.3 Å². The summed E-state index contributed by atoms with van der Waals surface area (Å²) in [4.78, 5) is 0. The Balaban J connectivity index is 2.05. The first-order valence-electron chi connectivity index (χ1n) is 6.23. The van der Waals surface area contributed by atoms with Crippen molar-refractivity contribution in [2.75, 3.05) is 12.4 Å². The maximum atomic E-state index is 13.4. The van der Waals surface area contributed by atoms with Gasteiger partial charge >= 0.3 is 0 Å². The summed E-state index contributed by atoms with van der Waals surface area (Å²) in [5.74, 6) is 0.695. The summed E-state index contributed by atoms with van der Waals surface area (Å²) in [6, 6.07) is 11.2. The summed E-state index contributed by atoms with van der Waals surface area (Å²) in [5.41, 5.74) is 3.68. The van der Waals surface area contributed by atoms with E-state index >= 15 is 0 Å². The predicted octanol–water partition coefficient (Wildman–Crippen LogP) is 4.06. The van der Waals surface area contributed by atoms with E-state index in [0.29, 0.717) is 12.1 Å². The molecule has 0 spiro atoms. The Bertz CT molecular complexity index is 581. The van der Waals surface area contributed by atoms with E-state index in [1.807, 2.05) is 25.1 Å². The fourth-order valence-corrected chi connectivity index (χ4v) is 1.96. The molecule has 100 valence electrons. The molecule has 0 atom stereocenters. The summed E-state index contributed by atoms with van der Waals surface area (Å²) in [6.45, 7) is 4.42. The van der Waals surface area contributed by atoms with Crippen LogP contribution in [0.5, 0.6) is 5.75 Å². The molecule has 0 fully saturated rings. The molecule has 0 heterocycles. The average molecular weight is 259 g/mol. The van der Waals surface area contributed by atoms with E-state index in [1.54, 1.807) is 20.1 Å². The molecule has 19 heavy (non-hydrogen) atoms. The molecule has 0 radical (unpaired) electrons. The molecule has 2 aromatic carbocycles. The standard InChI is InChI=1S/C16H18FNO/c1-11-4-6-14(9-15(11)17)18-10-13-5-7-16(19-3)12(2)8-13/h4-9,18H,10H2,1-3H3. The van der Waals surface area contributed by atoms with Crippen molar-refractivity contribution >= 4 is 5.69 Å². The van der Waals surface area contributed by atoms with Gasteiger partial charge < -0.3 is 10.1 Å². The third-order valence-corrected chi connectivity index (χ3v) is 3.13. The highest BCUT2D eigenvalue weighted by Gasteiger charge is 2.02. The molecule has 0 aliphatic heterocycles. The molecule has 0 saturated heterocycles. The van der Waals surface area contributed by atoms with Gasteiger partial charge in [-0.15, -0.1) is 0 Å². The van der Waals surface area contributed by atoms with Gasteiger partial charge in [0, 0.05) is 12.2 Å². The highest BCUT2D eigenvalue weighted by molar-refractivity contribution is 5.46. The second-order valence-electron chi connectivity index (χ2n) is 4.62. The Morgan fingerprint density at radius 3 is 2.47 bits per heavy atom. The lowest BCUT2D eigenvalue weighted by Crippen LogP contribution is -2.01. The van der Waals surface area contributed by atoms with E-state index < -0.39 is 0 Å². The van der Waals surface area contributed by atoms with Gasteiger partial charge in [-0.3, -0.25) is 0 Å². The van der Waals surface area contributed by atoms with Gasteiger partial charge in [-0.2, -0.15) is 0 Å². The van der Waals surface area contributed by atoms with Crippen LogP contribution in [-0.2, 0) is 6.54 Å². The van der Waals surface area contributed by atoms with E-state index in [1.165, 1.54) is 6.07 Å². The second kappa shape index (κ2) is 5.74. The van der Waals surface area contributed by atoms with Crippen LogP contribution in [0, 0.1) is 19.7 Å². The molecule has 0 saturated carbocycles. The van der Waals surface area contributed by atoms with Crippen molar-refractivity contribution in [1.29, 1.82) is 0 Å². The van der Waals surface area contributed by atoms with Crippen molar-refractivity contribution in [3.63, 3.8) is 0 Å². The second-order valence-corrected chi connectivity index (χ2v) is 4.62. The summed E-state index contributed by atoms with van der Waals surface area (Å²) in [7, 11) is 1.66. The van der Waals surface area contributed by atoms with Gasteiger partial charge in [0.15, 0.2) is 0 Å². The SMILES string of the molecule is COc1ccc(CNc2ccc(C)c(F)c2)cc1C. The molecule has 3 heteroatoms. The zero-order valence-electron chi connectivity index (χ0n) is 11.5. The first-order chi connectivity index (χ1) is 9.10. The molecule has 0 aliphatic rings. The van der Waals surface area contributed by atoms with Crippen LogP contribution in [0.3, 0.4) is 0 Å². The minimum absolute atomic E-state index is 0.184. The Hall–Kier alpha value is -2.03. The smallest absolute Gasteiger partial charge is 0.128 e. The third kappa shape index (κ3) is 3.25. The lowest BCUT2D eigenvalue weighted by Gasteiger charge is -2.10. The number of anilines is 1. The molecule has 2 rings (SSSR count). The fraction of sp³-hybridized carbons (Fsp3) is 0.250. The number of hydrogen-bond donors (Lipinski definition) is 1.